The number of carbonyl (C=O) groups is 1. The van der Waals surface area contributed by atoms with Gasteiger partial charge in [-0.15, -0.1) is 0 Å². The average molecular weight is 279 g/mol. The Labute approximate surface area is 124 Å². The number of nitriles is 1. The Kier molecular flexibility index (Phi) is 5.11. The van der Waals surface area contributed by atoms with E-state index in [4.69, 9.17) is 10.00 Å². The summed E-state index contributed by atoms with van der Waals surface area (Å²) in [6.07, 6.45) is 3.30. The predicted octanol–water partition coefficient (Wildman–Crippen LogP) is 4.12. The van der Waals surface area contributed by atoms with Gasteiger partial charge in [0.1, 0.15) is 11.8 Å². The fourth-order valence-electron chi connectivity index (χ4n) is 2.00. The van der Waals surface area contributed by atoms with Crippen molar-refractivity contribution in [3.05, 3.63) is 65.2 Å². The lowest BCUT2D eigenvalue weighted by molar-refractivity contribution is 0.0734. The summed E-state index contributed by atoms with van der Waals surface area (Å²) >= 11 is 0. The van der Waals surface area contributed by atoms with Gasteiger partial charge >= 0.3 is 5.97 Å². The Bertz CT molecular complexity index is 654. The van der Waals surface area contributed by atoms with Crippen LogP contribution in [0.15, 0.2) is 48.5 Å². The van der Waals surface area contributed by atoms with E-state index < -0.39 is 5.97 Å². The fourth-order valence-corrected chi connectivity index (χ4v) is 2.00. The molecule has 0 aliphatic rings. The number of hydrogen-bond donors (Lipinski definition) is 0. The first-order valence-electron chi connectivity index (χ1n) is 7.05. The number of aryl methyl sites for hydroxylation is 1. The fraction of sp³-hybridized carbons (Fsp3) is 0.222. The molecule has 0 radical (unpaired) electrons. The van der Waals surface area contributed by atoms with Crippen LogP contribution in [0, 0.1) is 11.3 Å². The largest absolute Gasteiger partial charge is 0.422 e. The smallest absolute Gasteiger partial charge is 0.343 e. The van der Waals surface area contributed by atoms with E-state index in [-0.39, 0.29) is 0 Å². The predicted molar refractivity (Wildman–Crippen MR) is 81.2 cm³/mol. The molecule has 0 saturated heterocycles. The van der Waals surface area contributed by atoms with Crippen LogP contribution in [0.25, 0.3) is 0 Å². The van der Waals surface area contributed by atoms with Gasteiger partial charge in [-0.3, -0.25) is 0 Å². The molecule has 0 spiro atoms. The van der Waals surface area contributed by atoms with Crippen molar-refractivity contribution in [1.29, 1.82) is 5.26 Å². The standard InChI is InChI=1S/C18H17NO2/c1-2-3-6-14-9-11-15(12-10-14)18(20)21-17-8-5-4-7-16(17)13-19/h4-5,7-12H,2-3,6H2,1H3. The first-order valence-corrected chi connectivity index (χ1v) is 7.05. The van der Waals surface area contributed by atoms with Crippen LogP contribution in [0.4, 0.5) is 0 Å². The van der Waals surface area contributed by atoms with E-state index in [1.54, 1.807) is 36.4 Å². The van der Waals surface area contributed by atoms with Crippen LogP contribution < -0.4 is 4.74 Å². The van der Waals surface area contributed by atoms with Crippen molar-refractivity contribution in [2.45, 2.75) is 26.2 Å². The number of unbranched alkanes of at least 4 members (excludes halogenated alkanes) is 1. The van der Waals surface area contributed by atoms with Gasteiger partial charge in [-0.25, -0.2) is 4.79 Å². The molecule has 0 bridgehead atoms. The maximum absolute atomic E-state index is 12.1. The molecule has 21 heavy (non-hydrogen) atoms. The molecular formula is C18H17NO2. The van der Waals surface area contributed by atoms with E-state index in [0.717, 1.165) is 19.3 Å². The molecule has 3 heteroatoms. The zero-order valence-corrected chi connectivity index (χ0v) is 12.0. The minimum atomic E-state index is -0.445. The van der Waals surface area contributed by atoms with Crippen LogP contribution in [-0.2, 0) is 6.42 Å². The van der Waals surface area contributed by atoms with Gasteiger partial charge in [-0.2, -0.15) is 5.26 Å². The summed E-state index contributed by atoms with van der Waals surface area (Å²) in [6.45, 7) is 2.15. The zero-order chi connectivity index (χ0) is 15.1. The number of benzene rings is 2. The van der Waals surface area contributed by atoms with Crippen LogP contribution >= 0.6 is 0 Å². The third kappa shape index (κ3) is 3.93. The molecule has 2 aromatic rings. The summed E-state index contributed by atoms with van der Waals surface area (Å²) in [6, 6.07) is 16.1. The van der Waals surface area contributed by atoms with Gasteiger partial charge in [0.15, 0.2) is 0 Å². The Morgan fingerprint density at radius 2 is 1.86 bits per heavy atom. The Hall–Kier alpha value is -2.60. The highest BCUT2D eigenvalue weighted by molar-refractivity contribution is 5.91. The van der Waals surface area contributed by atoms with Gasteiger partial charge in [-0.1, -0.05) is 37.6 Å². The highest BCUT2D eigenvalue weighted by atomic mass is 16.5. The van der Waals surface area contributed by atoms with Crippen molar-refractivity contribution < 1.29 is 9.53 Å². The second-order valence-corrected chi connectivity index (χ2v) is 4.80. The second kappa shape index (κ2) is 7.25. The van der Waals surface area contributed by atoms with Crippen molar-refractivity contribution in [2.24, 2.45) is 0 Å². The zero-order valence-electron chi connectivity index (χ0n) is 12.0. The summed E-state index contributed by atoms with van der Waals surface area (Å²) < 4.78 is 5.28. The molecule has 2 rings (SSSR count). The lowest BCUT2D eigenvalue weighted by atomic mass is 10.1. The van der Waals surface area contributed by atoms with Crippen LogP contribution in [0.5, 0.6) is 5.75 Å². The molecule has 0 unspecified atom stereocenters. The number of ether oxygens (including phenoxy) is 1. The summed E-state index contributed by atoms with van der Waals surface area (Å²) in [5.74, 6) is -0.153. The first kappa shape index (κ1) is 14.8. The molecule has 0 amide bonds. The van der Waals surface area contributed by atoms with Gasteiger partial charge in [-0.05, 0) is 42.7 Å². The van der Waals surface area contributed by atoms with Crippen molar-refractivity contribution in [3.63, 3.8) is 0 Å². The molecule has 0 N–H and O–H groups in total. The van der Waals surface area contributed by atoms with Gasteiger partial charge in [0.25, 0.3) is 0 Å². The summed E-state index contributed by atoms with van der Waals surface area (Å²) in [4.78, 5) is 12.1. The lowest BCUT2D eigenvalue weighted by Crippen LogP contribution is -2.09. The van der Waals surface area contributed by atoms with Crippen LogP contribution in [0.3, 0.4) is 0 Å². The van der Waals surface area contributed by atoms with Gasteiger partial charge in [0.05, 0.1) is 11.1 Å². The van der Waals surface area contributed by atoms with Crippen LogP contribution in [0.1, 0.15) is 41.3 Å². The molecule has 0 heterocycles. The quantitative estimate of drug-likeness (QED) is 0.611. The van der Waals surface area contributed by atoms with E-state index in [0.29, 0.717) is 16.9 Å². The summed E-state index contributed by atoms with van der Waals surface area (Å²) in [7, 11) is 0. The molecule has 0 aliphatic carbocycles. The van der Waals surface area contributed by atoms with Gasteiger partial charge < -0.3 is 4.74 Å². The molecule has 2 aromatic carbocycles. The third-order valence-electron chi connectivity index (χ3n) is 3.22. The Balaban J connectivity index is 2.08. The second-order valence-electron chi connectivity index (χ2n) is 4.80. The number of para-hydroxylation sites is 1. The SMILES string of the molecule is CCCCc1ccc(C(=O)Oc2ccccc2C#N)cc1. The molecule has 3 nitrogen and oxygen atoms in total. The highest BCUT2D eigenvalue weighted by Gasteiger charge is 2.11. The summed E-state index contributed by atoms with van der Waals surface area (Å²) in [5, 5.41) is 8.98. The highest BCUT2D eigenvalue weighted by Crippen LogP contribution is 2.18. The molecule has 106 valence electrons. The number of nitrogens with zero attached hydrogens (tertiary/aromatic N) is 1. The number of hydrogen-bond acceptors (Lipinski definition) is 3. The van der Waals surface area contributed by atoms with Crippen molar-refractivity contribution in [1.82, 2.24) is 0 Å². The molecule has 0 aliphatic heterocycles. The summed E-state index contributed by atoms with van der Waals surface area (Å²) in [5.41, 5.74) is 2.05. The van der Waals surface area contributed by atoms with E-state index in [2.05, 4.69) is 6.92 Å². The van der Waals surface area contributed by atoms with E-state index in [1.165, 1.54) is 5.56 Å². The van der Waals surface area contributed by atoms with Gasteiger partial charge in [0, 0.05) is 0 Å². The average Bonchev–Trinajstić information content (AvgIpc) is 2.54. The van der Waals surface area contributed by atoms with Crippen molar-refractivity contribution in [2.75, 3.05) is 0 Å². The maximum atomic E-state index is 12.1. The van der Waals surface area contributed by atoms with Crippen molar-refractivity contribution in [3.8, 4) is 11.8 Å². The van der Waals surface area contributed by atoms with E-state index >= 15 is 0 Å². The Morgan fingerprint density at radius 3 is 2.52 bits per heavy atom. The van der Waals surface area contributed by atoms with E-state index in [9.17, 15) is 4.79 Å². The number of rotatable bonds is 5. The number of carbonyl (C=O) groups excluding carboxylic acids is 1. The topological polar surface area (TPSA) is 50.1 Å². The molecule has 0 aromatic heterocycles. The lowest BCUT2D eigenvalue weighted by Gasteiger charge is -2.06. The molecule has 0 fully saturated rings. The monoisotopic (exact) mass is 279 g/mol. The van der Waals surface area contributed by atoms with Crippen LogP contribution in [0.2, 0.25) is 0 Å². The third-order valence-corrected chi connectivity index (χ3v) is 3.22. The maximum Gasteiger partial charge on any atom is 0.343 e. The van der Waals surface area contributed by atoms with Crippen molar-refractivity contribution >= 4 is 5.97 Å². The normalized spacial score (nSPS) is 9.90. The minimum Gasteiger partial charge on any atom is -0.422 e. The van der Waals surface area contributed by atoms with Gasteiger partial charge in [0.2, 0.25) is 0 Å². The molecular weight excluding hydrogens is 262 g/mol. The van der Waals surface area contributed by atoms with Crippen LogP contribution in [-0.4, -0.2) is 5.97 Å². The number of esters is 1. The minimum absolute atomic E-state index is 0.292. The Morgan fingerprint density at radius 1 is 1.14 bits per heavy atom. The molecule has 0 atom stereocenters. The first-order chi connectivity index (χ1) is 10.2. The molecule has 0 saturated carbocycles. The van der Waals surface area contributed by atoms with E-state index in [1.807, 2.05) is 18.2 Å².